The average Bonchev–Trinajstić information content (AvgIpc) is 3.10. The van der Waals surface area contributed by atoms with Gasteiger partial charge in [0.15, 0.2) is 5.65 Å². The Balaban J connectivity index is 2.02. The van der Waals surface area contributed by atoms with Crippen LogP contribution >= 0.6 is 11.6 Å². The third kappa shape index (κ3) is 2.70. The Hall–Kier alpha value is -1.03. The monoisotopic (exact) mass is 308 g/mol. The molecular formula is C16H25ClN4. The topological polar surface area (TPSA) is 35.6 Å². The molecule has 1 saturated carbocycles. The minimum atomic E-state index is 0.624. The number of halogens is 1. The van der Waals surface area contributed by atoms with E-state index in [-0.39, 0.29) is 0 Å². The van der Waals surface area contributed by atoms with Crippen molar-refractivity contribution in [3.05, 3.63) is 11.5 Å². The van der Waals surface area contributed by atoms with Gasteiger partial charge in [-0.2, -0.15) is 5.10 Å². The van der Waals surface area contributed by atoms with Crippen LogP contribution in [0.3, 0.4) is 0 Å². The lowest BCUT2D eigenvalue weighted by Crippen LogP contribution is -2.14. The number of imidazole rings is 1. The molecule has 0 spiro atoms. The number of nitrogens with zero attached hydrogens (tertiary/aromatic N) is 4. The summed E-state index contributed by atoms with van der Waals surface area (Å²) in [6, 6.07) is 0. The molecule has 21 heavy (non-hydrogen) atoms. The zero-order valence-electron chi connectivity index (χ0n) is 13.3. The highest BCUT2D eigenvalue weighted by Gasteiger charge is 2.25. The largest absolute Gasteiger partial charge is 0.313 e. The fraction of sp³-hybridized carbons (Fsp3) is 0.750. The molecule has 1 aliphatic rings. The van der Waals surface area contributed by atoms with Crippen molar-refractivity contribution < 1.29 is 0 Å². The number of aromatic nitrogens is 4. The zero-order chi connectivity index (χ0) is 15.0. The first-order chi connectivity index (χ1) is 10.1. The van der Waals surface area contributed by atoms with Crippen LogP contribution in [0.1, 0.15) is 44.6 Å². The van der Waals surface area contributed by atoms with Crippen molar-refractivity contribution in [1.29, 1.82) is 0 Å². The molecule has 116 valence electrons. The number of hydrogen-bond donors (Lipinski definition) is 0. The van der Waals surface area contributed by atoms with Crippen molar-refractivity contribution in [3.63, 3.8) is 0 Å². The van der Waals surface area contributed by atoms with Crippen LogP contribution in [-0.4, -0.2) is 25.2 Å². The fourth-order valence-electron chi connectivity index (χ4n) is 3.71. The lowest BCUT2D eigenvalue weighted by Gasteiger charge is -2.15. The molecule has 0 aliphatic heterocycles. The highest BCUT2D eigenvalue weighted by atomic mass is 35.5. The maximum Gasteiger partial charge on any atom is 0.158 e. The summed E-state index contributed by atoms with van der Waals surface area (Å²) >= 11 is 5.98. The Morgan fingerprint density at radius 3 is 2.76 bits per heavy atom. The number of rotatable bonds is 5. The van der Waals surface area contributed by atoms with E-state index >= 15 is 0 Å². The summed E-state index contributed by atoms with van der Waals surface area (Å²) < 4.78 is 4.48. The second-order valence-corrected chi connectivity index (χ2v) is 6.81. The zero-order valence-corrected chi connectivity index (χ0v) is 14.0. The molecule has 1 fully saturated rings. The first-order valence-corrected chi connectivity index (χ1v) is 8.66. The number of alkyl halides is 1. The summed E-state index contributed by atoms with van der Waals surface area (Å²) in [5.41, 5.74) is 3.28. The molecule has 2 unspecified atom stereocenters. The molecule has 0 radical (unpaired) electrons. The molecule has 0 aromatic carbocycles. The number of hydrogen-bond acceptors (Lipinski definition) is 2. The van der Waals surface area contributed by atoms with Crippen LogP contribution in [0.5, 0.6) is 0 Å². The Morgan fingerprint density at radius 2 is 2.14 bits per heavy atom. The molecule has 2 atom stereocenters. The summed E-state index contributed by atoms with van der Waals surface area (Å²) in [6.45, 7) is 8.51. The lowest BCUT2D eigenvalue weighted by atomic mass is 10.1. The van der Waals surface area contributed by atoms with Gasteiger partial charge in [-0.25, -0.2) is 9.67 Å². The Labute approximate surface area is 131 Å². The number of fused-ring (bicyclic) bond motifs is 1. The van der Waals surface area contributed by atoms with Gasteiger partial charge in [-0.15, -0.1) is 11.6 Å². The van der Waals surface area contributed by atoms with Gasteiger partial charge in [0, 0.05) is 25.4 Å². The Kier molecular flexibility index (Phi) is 4.25. The summed E-state index contributed by atoms with van der Waals surface area (Å²) in [5, 5.41) is 4.62. The minimum Gasteiger partial charge on any atom is -0.313 e. The Morgan fingerprint density at radius 1 is 1.33 bits per heavy atom. The van der Waals surface area contributed by atoms with Gasteiger partial charge in [-0.3, -0.25) is 0 Å². The normalized spacial score (nSPS) is 22.5. The first-order valence-electron chi connectivity index (χ1n) is 8.12. The van der Waals surface area contributed by atoms with E-state index in [0.717, 1.165) is 48.4 Å². The summed E-state index contributed by atoms with van der Waals surface area (Å²) in [4.78, 5) is 4.83. The van der Waals surface area contributed by atoms with Gasteiger partial charge in [0.25, 0.3) is 0 Å². The second-order valence-electron chi connectivity index (χ2n) is 6.44. The molecule has 0 bridgehead atoms. The van der Waals surface area contributed by atoms with E-state index < -0.39 is 0 Å². The van der Waals surface area contributed by atoms with Crippen LogP contribution in [0.2, 0.25) is 0 Å². The molecule has 1 aliphatic carbocycles. The van der Waals surface area contributed by atoms with E-state index in [4.69, 9.17) is 16.6 Å². The van der Waals surface area contributed by atoms with E-state index in [1.807, 2.05) is 6.92 Å². The minimum absolute atomic E-state index is 0.624. The van der Waals surface area contributed by atoms with E-state index in [2.05, 4.69) is 28.2 Å². The fourth-order valence-corrected chi connectivity index (χ4v) is 3.88. The van der Waals surface area contributed by atoms with Crippen molar-refractivity contribution >= 4 is 22.8 Å². The molecular weight excluding hydrogens is 284 g/mol. The molecule has 0 N–H and O–H groups in total. The molecule has 5 heteroatoms. The molecule has 0 saturated heterocycles. The van der Waals surface area contributed by atoms with Gasteiger partial charge in [-0.1, -0.05) is 13.3 Å². The quantitative estimate of drug-likeness (QED) is 0.788. The lowest BCUT2D eigenvalue weighted by molar-refractivity contribution is 0.434. The third-order valence-electron chi connectivity index (χ3n) is 4.74. The van der Waals surface area contributed by atoms with Gasteiger partial charge in [-0.05, 0) is 38.5 Å². The van der Waals surface area contributed by atoms with Gasteiger partial charge >= 0.3 is 0 Å². The second kappa shape index (κ2) is 5.99. The van der Waals surface area contributed by atoms with Crippen molar-refractivity contribution in [2.24, 2.45) is 11.8 Å². The van der Waals surface area contributed by atoms with Crippen LogP contribution in [0.15, 0.2) is 0 Å². The van der Waals surface area contributed by atoms with Crippen LogP contribution in [0.25, 0.3) is 11.2 Å². The summed E-state index contributed by atoms with van der Waals surface area (Å²) in [7, 11) is 0. The predicted molar refractivity (Wildman–Crippen MR) is 86.9 cm³/mol. The molecule has 2 aromatic rings. The first kappa shape index (κ1) is 14.9. The van der Waals surface area contributed by atoms with Gasteiger partial charge in [0.05, 0.1) is 5.69 Å². The van der Waals surface area contributed by atoms with Crippen molar-refractivity contribution in [2.45, 2.75) is 59.5 Å². The summed E-state index contributed by atoms with van der Waals surface area (Å²) in [6.07, 6.45) is 4.86. The van der Waals surface area contributed by atoms with Crippen LogP contribution in [0.4, 0.5) is 0 Å². The average molecular weight is 309 g/mol. The van der Waals surface area contributed by atoms with E-state index in [1.165, 1.54) is 24.9 Å². The van der Waals surface area contributed by atoms with E-state index in [9.17, 15) is 0 Å². The van der Waals surface area contributed by atoms with Gasteiger partial charge in [0.2, 0.25) is 0 Å². The molecule has 3 rings (SSSR count). The highest BCUT2D eigenvalue weighted by molar-refractivity contribution is 6.17. The maximum absolute atomic E-state index is 5.98. The number of aryl methyl sites for hydroxylation is 3. The van der Waals surface area contributed by atoms with Gasteiger partial charge < -0.3 is 4.57 Å². The van der Waals surface area contributed by atoms with Crippen LogP contribution in [-0.2, 0) is 19.5 Å². The molecule has 2 aromatic heterocycles. The molecule has 0 amide bonds. The Bertz CT molecular complexity index is 628. The molecule has 2 heterocycles. The maximum atomic E-state index is 5.98. The van der Waals surface area contributed by atoms with Crippen LogP contribution in [0, 0.1) is 18.8 Å². The van der Waals surface area contributed by atoms with Crippen molar-refractivity contribution in [2.75, 3.05) is 5.88 Å². The SMILES string of the molecule is CCn1nc(C)c2nc(CCCl)n(CC3CCC(C)C3)c21. The third-order valence-corrected chi connectivity index (χ3v) is 4.93. The smallest absolute Gasteiger partial charge is 0.158 e. The van der Waals surface area contributed by atoms with Crippen molar-refractivity contribution in [3.8, 4) is 0 Å². The van der Waals surface area contributed by atoms with E-state index in [0.29, 0.717) is 5.88 Å². The van der Waals surface area contributed by atoms with Crippen LogP contribution < -0.4 is 0 Å². The standard InChI is InChI=1S/C16H25ClN4/c1-4-21-16-15(12(3)19-21)18-14(7-8-17)20(16)10-13-6-5-11(2)9-13/h11,13H,4-10H2,1-3H3. The van der Waals surface area contributed by atoms with E-state index in [1.54, 1.807) is 0 Å². The van der Waals surface area contributed by atoms with Gasteiger partial charge in [0.1, 0.15) is 11.3 Å². The highest BCUT2D eigenvalue weighted by Crippen LogP contribution is 2.33. The molecule has 4 nitrogen and oxygen atoms in total. The predicted octanol–water partition coefficient (Wildman–Crippen LogP) is 3.78. The summed E-state index contributed by atoms with van der Waals surface area (Å²) in [5.74, 6) is 3.39. The van der Waals surface area contributed by atoms with Crippen molar-refractivity contribution in [1.82, 2.24) is 19.3 Å².